The van der Waals surface area contributed by atoms with E-state index in [-0.39, 0.29) is 41.6 Å². The number of piperidine rings is 1. The molecule has 2 atom stereocenters. The molecule has 2 unspecified atom stereocenters. The summed E-state index contributed by atoms with van der Waals surface area (Å²) in [6, 6.07) is 3.13. The average molecular weight is 517 g/mol. The van der Waals surface area contributed by atoms with E-state index in [4.69, 9.17) is 21.1 Å². The zero-order valence-corrected chi connectivity index (χ0v) is 23.1. The van der Waals surface area contributed by atoms with Crippen molar-refractivity contribution in [1.29, 1.82) is 0 Å². The molecular weight excluding hydrogens is 476 g/mol. The van der Waals surface area contributed by atoms with E-state index in [1.807, 2.05) is 32.6 Å². The van der Waals surface area contributed by atoms with Crippen molar-refractivity contribution in [2.75, 3.05) is 19.7 Å². The van der Waals surface area contributed by atoms with Crippen LogP contribution in [-0.2, 0) is 20.9 Å². The van der Waals surface area contributed by atoms with Crippen LogP contribution in [0.1, 0.15) is 78.5 Å². The van der Waals surface area contributed by atoms with Gasteiger partial charge in [-0.15, -0.1) is 0 Å². The van der Waals surface area contributed by atoms with Crippen LogP contribution in [0.2, 0.25) is 5.02 Å². The molecule has 2 aliphatic heterocycles. The predicted octanol–water partition coefficient (Wildman–Crippen LogP) is 5.03. The molecule has 1 aromatic carbocycles. The first-order valence-electron chi connectivity index (χ1n) is 12.1. The molecule has 0 saturated carbocycles. The number of likely N-dealkylation sites (tertiary alicyclic amines) is 1. The fourth-order valence-corrected chi connectivity index (χ4v) is 5.14. The summed E-state index contributed by atoms with van der Waals surface area (Å²) in [6.07, 6.45) is 1.01. The van der Waals surface area contributed by atoms with Crippen molar-refractivity contribution < 1.29 is 24.5 Å². The number of rotatable bonds is 6. The molecule has 0 aromatic heterocycles. The highest BCUT2D eigenvalue weighted by Gasteiger charge is 2.40. The van der Waals surface area contributed by atoms with Gasteiger partial charge in [0.15, 0.2) is 11.9 Å². The summed E-state index contributed by atoms with van der Waals surface area (Å²) in [5, 5.41) is 20.6. The number of carbonyl (C=O) groups is 1. The van der Waals surface area contributed by atoms with Crippen molar-refractivity contribution >= 4 is 29.5 Å². The van der Waals surface area contributed by atoms with E-state index >= 15 is 0 Å². The first kappa shape index (κ1) is 29.2. The Bertz CT molecular complexity index is 822. The highest BCUT2D eigenvalue weighted by molar-refractivity contribution is 7.98. The molecule has 3 N–H and O–H groups in total. The van der Waals surface area contributed by atoms with E-state index in [1.165, 1.54) is 6.07 Å². The molecule has 1 aromatic rings. The van der Waals surface area contributed by atoms with Crippen molar-refractivity contribution in [3.8, 4) is 5.75 Å². The van der Waals surface area contributed by atoms with Crippen molar-refractivity contribution in [3.05, 3.63) is 28.3 Å². The highest BCUT2D eigenvalue weighted by atomic mass is 35.5. The maximum Gasteiger partial charge on any atom is 0.254 e. The Morgan fingerprint density at radius 2 is 1.91 bits per heavy atom. The molecule has 7 nitrogen and oxygen atoms in total. The van der Waals surface area contributed by atoms with Gasteiger partial charge < -0.3 is 24.6 Å². The maximum atomic E-state index is 12.9. The molecule has 34 heavy (non-hydrogen) atoms. The number of hydrogen-bond acceptors (Lipinski definition) is 7. The number of aromatic hydroxyl groups is 1. The number of benzene rings is 1. The molecule has 2 fully saturated rings. The number of phenols is 1. The maximum absolute atomic E-state index is 12.9. The lowest BCUT2D eigenvalue weighted by Crippen LogP contribution is -2.46. The van der Waals surface area contributed by atoms with Crippen molar-refractivity contribution in [3.63, 3.8) is 0 Å². The van der Waals surface area contributed by atoms with Crippen molar-refractivity contribution in [1.82, 2.24) is 9.62 Å². The van der Waals surface area contributed by atoms with Gasteiger partial charge in [-0.05, 0) is 71.1 Å². The molecule has 1 amide bonds. The standard InChI is InChI=1S/C23H35ClN2O5S.C2H6/c1-22(2,3)32-25-20(16-11-17(24)15(12-27)10-18(16)28)14-6-8-26(9-7-14)21(29)19-13-30-23(4,5)31-19;1-2/h10-11,14,19-20,25,27-28H,6-9,12-13H2,1-5H3;1-2H3. The second-order valence-electron chi connectivity index (χ2n) is 9.95. The Balaban J connectivity index is 0.00000199. The fraction of sp³-hybridized carbons (Fsp3) is 0.720. The topological polar surface area (TPSA) is 91.3 Å². The van der Waals surface area contributed by atoms with E-state index in [9.17, 15) is 15.0 Å². The first-order chi connectivity index (χ1) is 15.9. The van der Waals surface area contributed by atoms with Crippen LogP contribution < -0.4 is 4.72 Å². The quantitative estimate of drug-likeness (QED) is 0.456. The third-order valence-electron chi connectivity index (χ3n) is 5.80. The van der Waals surface area contributed by atoms with Crippen LogP contribution in [0.25, 0.3) is 0 Å². The van der Waals surface area contributed by atoms with Gasteiger partial charge in [0, 0.05) is 34.5 Å². The van der Waals surface area contributed by atoms with Crippen LogP contribution >= 0.6 is 23.5 Å². The number of ether oxygens (including phenoxy) is 2. The Morgan fingerprint density at radius 3 is 2.41 bits per heavy atom. The van der Waals surface area contributed by atoms with Gasteiger partial charge in [-0.25, -0.2) is 0 Å². The number of nitrogens with zero attached hydrogens (tertiary/aromatic N) is 1. The molecule has 2 saturated heterocycles. The Labute approximate surface area is 213 Å². The summed E-state index contributed by atoms with van der Waals surface area (Å²) in [4.78, 5) is 14.7. The second kappa shape index (κ2) is 12.3. The summed E-state index contributed by atoms with van der Waals surface area (Å²) >= 11 is 7.96. The van der Waals surface area contributed by atoms with Gasteiger partial charge >= 0.3 is 0 Å². The summed E-state index contributed by atoms with van der Waals surface area (Å²) < 4.78 is 14.8. The molecule has 0 radical (unpaired) electrons. The molecule has 0 bridgehead atoms. The van der Waals surface area contributed by atoms with Crippen molar-refractivity contribution in [2.45, 2.75) is 90.6 Å². The normalized spacial score (nSPS) is 21.7. The molecule has 2 heterocycles. The second-order valence-corrected chi connectivity index (χ2v) is 12.0. The highest BCUT2D eigenvalue weighted by Crippen LogP contribution is 2.40. The minimum atomic E-state index is -0.727. The van der Waals surface area contributed by atoms with Crippen LogP contribution in [0.4, 0.5) is 0 Å². The van der Waals surface area contributed by atoms with Crippen LogP contribution in [-0.4, -0.2) is 57.4 Å². The molecular formula is C25H41ClN2O5S. The lowest BCUT2D eigenvalue weighted by atomic mass is 9.85. The largest absolute Gasteiger partial charge is 0.508 e. The van der Waals surface area contributed by atoms with E-state index in [0.717, 1.165) is 12.8 Å². The lowest BCUT2D eigenvalue weighted by Gasteiger charge is -2.38. The number of aliphatic hydroxyl groups is 1. The monoisotopic (exact) mass is 516 g/mol. The molecule has 194 valence electrons. The summed E-state index contributed by atoms with van der Waals surface area (Å²) in [7, 11) is 0. The van der Waals surface area contributed by atoms with Gasteiger partial charge in [-0.3, -0.25) is 9.52 Å². The Morgan fingerprint density at radius 1 is 1.29 bits per heavy atom. The average Bonchev–Trinajstić information content (AvgIpc) is 3.16. The predicted molar refractivity (Wildman–Crippen MR) is 138 cm³/mol. The van der Waals surface area contributed by atoms with E-state index in [1.54, 1.807) is 18.0 Å². The van der Waals surface area contributed by atoms with Gasteiger partial charge in [0.05, 0.1) is 13.2 Å². The number of halogens is 1. The number of phenolic OH excluding ortho intramolecular Hbond substituents is 1. The minimum Gasteiger partial charge on any atom is -0.508 e. The van der Waals surface area contributed by atoms with Crippen LogP contribution in [0.3, 0.4) is 0 Å². The lowest BCUT2D eigenvalue weighted by molar-refractivity contribution is -0.161. The van der Waals surface area contributed by atoms with E-state index in [0.29, 0.717) is 29.2 Å². The summed E-state index contributed by atoms with van der Waals surface area (Å²) in [6.45, 7) is 15.3. The van der Waals surface area contributed by atoms with Crippen LogP contribution in [0.5, 0.6) is 5.75 Å². The number of amides is 1. The molecule has 9 heteroatoms. The van der Waals surface area contributed by atoms with Gasteiger partial charge in [0.25, 0.3) is 5.91 Å². The van der Waals surface area contributed by atoms with Gasteiger partial charge in [0.1, 0.15) is 5.75 Å². The molecule has 2 aliphatic rings. The molecule has 0 spiro atoms. The fourth-order valence-electron chi connectivity index (χ4n) is 4.11. The zero-order valence-electron chi connectivity index (χ0n) is 21.5. The van der Waals surface area contributed by atoms with Crippen LogP contribution in [0.15, 0.2) is 12.1 Å². The Hall–Kier alpha value is -1.03. The third kappa shape index (κ3) is 7.73. The van der Waals surface area contributed by atoms with E-state index < -0.39 is 11.9 Å². The van der Waals surface area contributed by atoms with Gasteiger partial charge in [-0.1, -0.05) is 37.4 Å². The minimum absolute atomic E-state index is 0.0218. The molecule has 0 aliphatic carbocycles. The summed E-state index contributed by atoms with van der Waals surface area (Å²) in [5.41, 5.74) is 1.21. The summed E-state index contributed by atoms with van der Waals surface area (Å²) in [5.74, 6) is -0.438. The Kier molecular flexibility index (Phi) is 10.5. The van der Waals surface area contributed by atoms with Crippen LogP contribution in [0, 0.1) is 5.92 Å². The van der Waals surface area contributed by atoms with E-state index in [2.05, 4.69) is 25.5 Å². The number of carbonyl (C=O) groups excluding carboxylic acids is 1. The SMILES string of the molecule is CC.CC1(C)OCC(C(=O)N2CCC(C(NSC(C)(C)C)c3cc(Cl)c(CO)cc3O)CC2)O1. The number of aliphatic hydroxyl groups excluding tert-OH is 1. The van der Waals surface area contributed by atoms with Gasteiger partial charge in [0.2, 0.25) is 0 Å². The third-order valence-corrected chi connectivity index (χ3v) is 7.14. The number of nitrogens with one attached hydrogen (secondary N) is 1. The molecule has 3 rings (SSSR count). The first-order valence-corrected chi connectivity index (χ1v) is 13.3. The van der Waals surface area contributed by atoms with Crippen molar-refractivity contribution in [2.24, 2.45) is 5.92 Å². The zero-order chi connectivity index (χ0) is 25.7. The van der Waals surface area contributed by atoms with Gasteiger partial charge in [-0.2, -0.15) is 0 Å². The smallest absolute Gasteiger partial charge is 0.254 e. The number of hydrogen-bond donors (Lipinski definition) is 3.